The molecule has 2 atom stereocenters. The molecule has 0 spiro atoms. The minimum Gasteiger partial charge on any atom is -0.338 e. The smallest absolute Gasteiger partial charge is 0.225 e. The van der Waals surface area contributed by atoms with Crippen LogP contribution in [0.2, 0.25) is 0 Å². The maximum absolute atomic E-state index is 14.2. The molecule has 0 unspecified atom stereocenters. The molecule has 0 amide bonds. The van der Waals surface area contributed by atoms with E-state index in [9.17, 15) is 4.39 Å². The Kier molecular flexibility index (Phi) is 3.67. The summed E-state index contributed by atoms with van der Waals surface area (Å²) in [6, 6.07) is 0. The average Bonchev–Trinajstić information content (AvgIpc) is 3.25. The number of aromatic nitrogens is 2. The number of hydrogen-bond donors (Lipinski definition) is 0. The number of piperidine rings is 1. The van der Waals surface area contributed by atoms with Crippen molar-refractivity contribution in [3.05, 3.63) is 18.0 Å². The summed E-state index contributed by atoms with van der Waals surface area (Å²) >= 11 is 0. The van der Waals surface area contributed by atoms with Gasteiger partial charge < -0.3 is 4.90 Å². The van der Waals surface area contributed by atoms with Crippen molar-refractivity contribution in [3.8, 4) is 0 Å². The molecule has 0 bridgehead atoms. The molecule has 3 nitrogen and oxygen atoms in total. The minimum atomic E-state index is -0.719. The Bertz CT molecular complexity index is 416. The molecular formula is C15H22FN3. The highest BCUT2D eigenvalue weighted by Crippen LogP contribution is 2.39. The quantitative estimate of drug-likeness (QED) is 0.836. The first kappa shape index (κ1) is 12.8. The maximum Gasteiger partial charge on any atom is 0.225 e. The Balaban J connectivity index is 1.60. The van der Waals surface area contributed by atoms with Gasteiger partial charge in [0.15, 0.2) is 0 Å². The first-order valence-corrected chi connectivity index (χ1v) is 7.46. The number of hydrogen-bond acceptors (Lipinski definition) is 3. The summed E-state index contributed by atoms with van der Waals surface area (Å²) in [7, 11) is 0. The molecule has 1 aliphatic heterocycles. The van der Waals surface area contributed by atoms with Crippen LogP contribution in [0.15, 0.2) is 12.4 Å². The second-order valence-corrected chi connectivity index (χ2v) is 5.93. The number of rotatable bonds is 4. The summed E-state index contributed by atoms with van der Waals surface area (Å²) in [6.07, 6.45) is 8.58. The van der Waals surface area contributed by atoms with E-state index in [2.05, 4.69) is 16.9 Å². The molecule has 1 aromatic rings. The van der Waals surface area contributed by atoms with Crippen molar-refractivity contribution in [2.75, 3.05) is 18.0 Å². The van der Waals surface area contributed by atoms with Crippen LogP contribution in [0, 0.1) is 11.8 Å². The van der Waals surface area contributed by atoms with E-state index in [0.717, 1.165) is 37.3 Å². The van der Waals surface area contributed by atoms with Crippen LogP contribution < -0.4 is 4.90 Å². The molecule has 1 aromatic heterocycles. The number of halogens is 1. The van der Waals surface area contributed by atoms with E-state index in [-0.39, 0.29) is 5.92 Å². The van der Waals surface area contributed by atoms with Gasteiger partial charge in [-0.1, -0.05) is 19.8 Å². The zero-order chi connectivity index (χ0) is 13.2. The van der Waals surface area contributed by atoms with Gasteiger partial charge in [-0.3, -0.25) is 0 Å². The molecule has 2 heterocycles. The van der Waals surface area contributed by atoms with Crippen LogP contribution in [0.4, 0.5) is 10.3 Å². The van der Waals surface area contributed by atoms with Crippen molar-refractivity contribution in [2.24, 2.45) is 11.8 Å². The summed E-state index contributed by atoms with van der Waals surface area (Å²) in [5, 5.41) is 0. The monoisotopic (exact) mass is 263 g/mol. The lowest BCUT2D eigenvalue weighted by Crippen LogP contribution is -2.42. The normalized spacial score (nSPS) is 27.6. The molecule has 0 radical (unpaired) electrons. The molecule has 1 aliphatic carbocycles. The SMILES string of the molecule is CCc1cnc(N2CC[C@H](CC3CC3)[C@H](F)C2)nc1. The van der Waals surface area contributed by atoms with Crippen molar-refractivity contribution < 1.29 is 4.39 Å². The van der Waals surface area contributed by atoms with E-state index in [0.29, 0.717) is 12.5 Å². The van der Waals surface area contributed by atoms with Gasteiger partial charge in [-0.2, -0.15) is 0 Å². The lowest BCUT2D eigenvalue weighted by molar-refractivity contribution is 0.180. The predicted molar refractivity (Wildman–Crippen MR) is 74.0 cm³/mol. The fourth-order valence-corrected chi connectivity index (χ4v) is 2.88. The van der Waals surface area contributed by atoms with Gasteiger partial charge in [0.2, 0.25) is 5.95 Å². The Morgan fingerprint density at radius 2 is 2.00 bits per heavy atom. The lowest BCUT2D eigenvalue weighted by atomic mass is 9.90. The minimum absolute atomic E-state index is 0.263. The lowest BCUT2D eigenvalue weighted by Gasteiger charge is -2.34. The molecule has 1 saturated carbocycles. The van der Waals surface area contributed by atoms with Crippen molar-refractivity contribution in [3.63, 3.8) is 0 Å². The third kappa shape index (κ3) is 3.04. The molecule has 4 heteroatoms. The molecule has 2 aliphatic rings. The summed E-state index contributed by atoms with van der Waals surface area (Å²) < 4.78 is 14.2. The van der Waals surface area contributed by atoms with Gasteiger partial charge in [-0.25, -0.2) is 14.4 Å². The third-order valence-corrected chi connectivity index (χ3v) is 4.39. The number of aryl methyl sites for hydroxylation is 1. The summed E-state index contributed by atoms with van der Waals surface area (Å²) in [5.41, 5.74) is 1.13. The van der Waals surface area contributed by atoms with Crippen LogP contribution in [0.3, 0.4) is 0 Å². The van der Waals surface area contributed by atoms with Gasteiger partial charge in [0.25, 0.3) is 0 Å². The zero-order valence-electron chi connectivity index (χ0n) is 11.6. The molecule has 104 valence electrons. The molecule has 0 N–H and O–H groups in total. The average molecular weight is 263 g/mol. The summed E-state index contributed by atoms with van der Waals surface area (Å²) in [6.45, 7) is 3.44. The van der Waals surface area contributed by atoms with E-state index >= 15 is 0 Å². The molecule has 1 saturated heterocycles. The van der Waals surface area contributed by atoms with Gasteiger partial charge >= 0.3 is 0 Å². The van der Waals surface area contributed by atoms with Crippen LogP contribution in [0.1, 0.15) is 38.2 Å². The first-order valence-electron chi connectivity index (χ1n) is 7.46. The first-order chi connectivity index (χ1) is 9.26. The Morgan fingerprint density at radius 1 is 1.26 bits per heavy atom. The third-order valence-electron chi connectivity index (χ3n) is 4.39. The highest BCUT2D eigenvalue weighted by atomic mass is 19.1. The van der Waals surface area contributed by atoms with Gasteiger partial charge in [0.05, 0.1) is 6.54 Å². The fourth-order valence-electron chi connectivity index (χ4n) is 2.88. The summed E-state index contributed by atoms with van der Waals surface area (Å²) in [5.74, 6) is 1.76. The van der Waals surface area contributed by atoms with E-state index in [1.807, 2.05) is 17.3 Å². The Labute approximate surface area is 114 Å². The highest BCUT2D eigenvalue weighted by molar-refractivity contribution is 5.31. The van der Waals surface area contributed by atoms with Crippen molar-refractivity contribution >= 4 is 5.95 Å². The van der Waals surface area contributed by atoms with Gasteiger partial charge in [-0.05, 0) is 36.7 Å². The largest absolute Gasteiger partial charge is 0.338 e. The van der Waals surface area contributed by atoms with Gasteiger partial charge in [-0.15, -0.1) is 0 Å². The summed E-state index contributed by atoms with van der Waals surface area (Å²) in [4.78, 5) is 10.7. The highest BCUT2D eigenvalue weighted by Gasteiger charge is 2.34. The van der Waals surface area contributed by atoms with E-state index in [1.165, 1.54) is 12.8 Å². The molecular weight excluding hydrogens is 241 g/mol. The Hall–Kier alpha value is -1.19. The van der Waals surface area contributed by atoms with Crippen molar-refractivity contribution in [1.29, 1.82) is 0 Å². The number of nitrogens with zero attached hydrogens (tertiary/aromatic N) is 3. The van der Waals surface area contributed by atoms with Crippen LogP contribution in [-0.2, 0) is 6.42 Å². The van der Waals surface area contributed by atoms with E-state index in [1.54, 1.807) is 0 Å². The van der Waals surface area contributed by atoms with Crippen LogP contribution in [0.25, 0.3) is 0 Å². The number of anilines is 1. The van der Waals surface area contributed by atoms with Crippen molar-refractivity contribution in [2.45, 2.75) is 45.2 Å². The number of alkyl halides is 1. The van der Waals surface area contributed by atoms with Crippen molar-refractivity contribution in [1.82, 2.24) is 9.97 Å². The van der Waals surface area contributed by atoms with Crippen LogP contribution in [0.5, 0.6) is 0 Å². The van der Waals surface area contributed by atoms with E-state index < -0.39 is 6.17 Å². The van der Waals surface area contributed by atoms with Crippen LogP contribution >= 0.6 is 0 Å². The fraction of sp³-hybridized carbons (Fsp3) is 0.733. The maximum atomic E-state index is 14.2. The molecule has 3 rings (SSSR count). The van der Waals surface area contributed by atoms with Gasteiger partial charge in [0, 0.05) is 18.9 Å². The predicted octanol–water partition coefficient (Wildman–Crippen LogP) is 3.00. The standard InChI is InChI=1S/C15H22FN3/c1-2-11-8-17-15(18-9-11)19-6-5-13(14(16)10-19)7-12-3-4-12/h8-9,12-14H,2-7,10H2,1H3/t13-,14-/m1/s1. The molecule has 2 fully saturated rings. The van der Waals surface area contributed by atoms with Gasteiger partial charge in [0.1, 0.15) is 6.17 Å². The molecule has 19 heavy (non-hydrogen) atoms. The topological polar surface area (TPSA) is 29.0 Å². The van der Waals surface area contributed by atoms with E-state index in [4.69, 9.17) is 0 Å². The zero-order valence-corrected chi connectivity index (χ0v) is 11.6. The molecule has 0 aromatic carbocycles. The Morgan fingerprint density at radius 3 is 2.58 bits per heavy atom. The second kappa shape index (κ2) is 5.43. The van der Waals surface area contributed by atoms with Crippen LogP contribution in [-0.4, -0.2) is 29.2 Å². The second-order valence-electron chi connectivity index (χ2n) is 5.93.